The van der Waals surface area contributed by atoms with Crippen LogP contribution in [0.25, 0.3) is 0 Å². The second kappa shape index (κ2) is 5.96. The molecule has 0 spiro atoms. The van der Waals surface area contributed by atoms with Crippen molar-refractivity contribution in [1.82, 2.24) is 9.97 Å². The first-order valence-electron chi connectivity index (χ1n) is 6.75. The van der Waals surface area contributed by atoms with Gasteiger partial charge in [0.1, 0.15) is 5.82 Å². The highest BCUT2D eigenvalue weighted by atomic mass is 35.5. The number of nitrogens with one attached hydrogen (secondary N) is 1. The highest BCUT2D eigenvalue weighted by Gasteiger charge is 2.36. The van der Waals surface area contributed by atoms with Gasteiger partial charge in [0, 0.05) is 6.07 Å². The first-order chi connectivity index (χ1) is 9.74. The summed E-state index contributed by atoms with van der Waals surface area (Å²) in [4.78, 5) is 6.97. The molecule has 0 radical (unpaired) electrons. The zero-order valence-corrected chi connectivity index (χ0v) is 12.3. The number of aliphatic hydroxyl groups is 1. The zero-order valence-electron chi connectivity index (χ0n) is 11.5. The van der Waals surface area contributed by atoms with Gasteiger partial charge in [-0.05, 0) is 43.2 Å². The van der Waals surface area contributed by atoms with Crippen molar-refractivity contribution in [3.05, 3.63) is 17.0 Å². The van der Waals surface area contributed by atoms with Gasteiger partial charge in [0.15, 0.2) is 5.69 Å². The molecule has 1 aromatic rings. The first-order valence-corrected chi connectivity index (χ1v) is 7.13. The van der Waals surface area contributed by atoms with Crippen molar-refractivity contribution in [1.29, 1.82) is 0 Å². The standard InChI is InChI=1S/C13H17ClF3N3O/c1-8-2-4-12(7-21,5-3-8)20-10-6-9(13(15,16)17)18-11(14)19-10/h6,8,21H,2-5,7H2,1H3,(H,18,19,20). The average molecular weight is 324 g/mol. The van der Waals surface area contributed by atoms with Crippen LogP contribution in [-0.4, -0.2) is 27.2 Å². The molecule has 0 aromatic carbocycles. The summed E-state index contributed by atoms with van der Waals surface area (Å²) in [6, 6.07) is 0.821. The van der Waals surface area contributed by atoms with Crippen molar-refractivity contribution in [2.75, 3.05) is 11.9 Å². The number of alkyl halides is 3. The summed E-state index contributed by atoms with van der Waals surface area (Å²) in [7, 11) is 0. The third-order valence-corrected chi connectivity index (χ3v) is 4.09. The van der Waals surface area contributed by atoms with Crippen LogP contribution < -0.4 is 5.32 Å². The SMILES string of the molecule is CC1CCC(CO)(Nc2cc(C(F)(F)F)nc(Cl)n2)CC1. The largest absolute Gasteiger partial charge is 0.433 e. The molecule has 21 heavy (non-hydrogen) atoms. The summed E-state index contributed by atoms with van der Waals surface area (Å²) in [6.07, 6.45) is -1.44. The lowest BCUT2D eigenvalue weighted by Crippen LogP contribution is -2.45. The number of anilines is 1. The molecular formula is C13H17ClF3N3O. The smallest absolute Gasteiger partial charge is 0.394 e. The second-order valence-corrected chi connectivity index (χ2v) is 5.99. The maximum absolute atomic E-state index is 12.7. The molecule has 1 aliphatic rings. The van der Waals surface area contributed by atoms with E-state index in [0.717, 1.165) is 18.9 Å². The molecule has 8 heteroatoms. The molecule has 0 atom stereocenters. The predicted octanol–water partition coefficient (Wildman–Crippen LogP) is 3.50. The van der Waals surface area contributed by atoms with Gasteiger partial charge in [-0.25, -0.2) is 9.97 Å². The number of halogens is 4. The van der Waals surface area contributed by atoms with E-state index in [1.54, 1.807) is 0 Å². The summed E-state index contributed by atoms with van der Waals surface area (Å²) in [6.45, 7) is 1.95. The summed E-state index contributed by atoms with van der Waals surface area (Å²) < 4.78 is 38.2. The fraction of sp³-hybridized carbons (Fsp3) is 0.692. The van der Waals surface area contributed by atoms with Crippen LogP contribution in [-0.2, 0) is 6.18 Å². The van der Waals surface area contributed by atoms with E-state index < -0.39 is 22.7 Å². The van der Waals surface area contributed by atoms with E-state index in [4.69, 9.17) is 11.6 Å². The van der Waals surface area contributed by atoms with E-state index in [1.165, 1.54) is 0 Å². The maximum Gasteiger partial charge on any atom is 0.433 e. The van der Waals surface area contributed by atoms with Crippen LogP contribution in [0.15, 0.2) is 6.07 Å². The predicted molar refractivity (Wildman–Crippen MR) is 73.1 cm³/mol. The van der Waals surface area contributed by atoms with Gasteiger partial charge in [-0.15, -0.1) is 0 Å². The maximum atomic E-state index is 12.7. The Morgan fingerprint density at radius 1 is 1.38 bits per heavy atom. The van der Waals surface area contributed by atoms with Gasteiger partial charge in [-0.2, -0.15) is 13.2 Å². The van der Waals surface area contributed by atoms with E-state index in [-0.39, 0.29) is 12.4 Å². The normalized spacial score (nSPS) is 26.7. The van der Waals surface area contributed by atoms with Crippen LogP contribution >= 0.6 is 11.6 Å². The van der Waals surface area contributed by atoms with Crippen LogP contribution in [0.3, 0.4) is 0 Å². The lowest BCUT2D eigenvalue weighted by atomic mass is 9.77. The van der Waals surface area contributed by atoms with Crippen molar-refractivity contribution in [3.63, 3.8) is 0 Å². The van der Waals surface area contributed by atoms with Gasteiger partial charge in [0.05, 0.1) is 12.1 Å². The number of rotatable bonds is 3. The minimum absolute atomic E-state index is 0.00840. The van der Waals surface area contributed by atoms with Crippen molar-refractivity contribution >= 4 is 17.4 Å². The van der Waals surface area contributed by atoms with Crippen LogP contribution in [0.5, 0.6) is 0 Å². The molecule has 1 aliphatic carbocycles. The second-order valence-electron chi connectivity index (χ2n) is 5.65. The van der Waals surface area contributed by atoms with Gasteiger partial charge in [0.25, 0.3) is 0 Å². The summed E-state index contributed by atoms with van der Waals surface area (Å²) in [5.41, 5.74) is -1.74. The molecule has 1 heterocycles. The Balaban J connectivity index is 2.24. The quantitative estimate of drug-likeness (QED) is 0.836. The number of hydrogen-bond donors (Lipinski definition) is 2. The van der Waals surface area contributed by atoms with Crippen LogP contribution in [0.1, 0.15) is 38.3 Å². The molecule has 0 bridgehead atoms. The lowest BCUT2D eigenvalue weighted by Gasteiger charge is -2.39. The molecular weight excluding hydrogens is 307 g/mol. The summed E-state index contributed by atoms with van der Waals surface area (Å²) >= 11 is 5.56. The Hall–Kier alpha value is -1.08. The van der Waals surface area contributed by atoms with Crippen LogP contribution in [0.2, 0.25) is 5.28 Å². The van der Waals surface area contributed by atoms with Crippen molar-refractivity contribution in [2.45, 2.75) is 44.3 Å². The monoisotopic (exact) mass is 323 g/mol. The molecule has 4 nitrogen and oxygen atoms in total. The van der Waals surface area contributed by atoms with Gasteiger partial charge < -0.3 is 10.4 Å². The van der Waals surface area contributed by atoms with Gasteiger partial charge in [-0.1, -0.05) is 6.92 Å². The van der Waals surface area contributed by atoms with E-state index in [1.807, 2.05) is 0 Å². The highest BCUT2D eigenvalue weighted by molar-refractivity contribution is 6.28. The third-order valence-electron chi connectivity index (χ3n) is 3.92. The van der Waals surface area contributed by atoms with E-state index in [9.17, 15) is 18.3 Å². The van der Waals surface area contributed by atoms with Crippen molar-refractivity contribution in [2.24, 2.45) is 5.92 Å². The molecule has 2 rings (SSSR count). The molecule has 2 N–H and O–H groups in total. The highest BCUT2D eigenvalue weighted by Crippen LogP contribution is 2.35. The number of aromatic nitrogens is 2. The molecule has 0 saturated heterocycles. The summed E-state index contributed by atoms with van der Waals surface area (Å²) in [5, 5.41) is 12.1. The van der Waals surface area contributed by atoms with E-state index >= 15 is 0 Å². The van der Waals surface area contributed by atoms with E-state index in [0.29, 0.717) is 18.8 Å². The zero-order chi connectivity index (χ0) is 15.7. The molecule has 118 valence electrons. The fourth-order valence-electron chi connectivity index (χ4n) is 2.54. The minimum atomic E-state index is -4.59. The Morgan fingerprint density at radius 3 is 2.52 bits per heavy atom. The van der Waals surface area contributed by atoms with Crippen LogP contribution in [0, 0.1) is 5.92 Å². The molecule has 0 amide bonds. The third kappa shape index (κ3) is 3.97. The number of nitrogens with zero attached hydrogens (tertiary/aromatic N) is 2. The Bertz CT molecular complexity index is 502. The molecule has 1 fully saturated rings. The average Bonchev–Trinajstić information content (AvgIpc) is 2.40. The minimum Gasteiger partial charge on any atom is -0.394 e. The molecule has 1 saturated carbocycles. The van der Waals surface area contributed by atoms with Gasteiger partial charge in [0.2, 0.25) is 5.28 Å². The van der Waals surface area contributed by atoms with Crippen molar-refractivity contribution < 1.29 is 18.3 Å². The topological polar surface area (TPSA) is 58.0 Å². The van der Waals surface area contributed by atoms with Gasteiger partial charge in [-0.3, -0.25) is 0 Å². The van der Waals surface area contributed by atoms with Crippen LogP contribution in [0.4, 0.5) is 19.0 Å². The lowest BCUT2D eigenvalue weighted by molar-refractivity contribution is -0.141. The van der Waals surface area contributed by atoms with Crippen molar-refractivity contribution in [3.8, 4) is 0 Å². The number of aliphatic hydroxyl groups excluding tert-OH is 1. The first kappa shape index (κ1) is 16.3. The number of hydrogen-bond acceptors (Lipinski definition) is 4. The molecule has 1 aromatic heterocycles. The van der Waals surface area contributed by atoms with Gasteiger partial charge >= 0.3 is 6.18 Å². The molecule has 0 unspecified atom stereocenters. The Labute approximate surface area is 125 Å². The van der Waals surface area contributed by atoms with E-state index in [2.05, 4.69) is 22.2 Å². The Morgan fingerprint density at radius 2 is 2.00 bits per heavy atom. The summed E-state index contributed by atoms with van der Waals surface area (Å²) in [5.74, 6) is 0.539. The Kier molecular flexibility index (Phi) is 4.63. The molecule has 0 aliphatic heterocycles. The fourth-order valence-corrected chi connectivity index (χ4v) is 2.72.